The number of ether oxygens (including phenoxy) is 3. The minimum atomic E-state index is 0.654. The van der Waals surface area contributed by atoms with Crippen LogP contribution < -0.4 is 24.0 Å². The number of hydrogen-bond acceptors (Lipinski definition) is 9. The van der Waals surface area contributed by atoms with Gasteiger partial charge in [0.15, 0.2) is 11.5 Å². The van der Waals surface area contributed by atoms with E-state index in [2.05, 4.69) is 35.8 Å². The van der Waals surface area contributed by atoms with Gasteiger partial charge in [0.2, 0.25) is 5.95 Å². The Balaban J connectivity index is 1.27. The molecule has 0 spiro atoms. The Labute approximate surface area is 204 Å². The summed E-state index contributed by atoms with van der Waals surface area (Å²) in [5.41, 5.74) is 3.06. The second-order valence-corrected chi connectivity index (χ2v) is 8.32. The van der Waals surface area contributed by atoms with Crippen LogP contribution in [-0.2, 0) is 6.42 Å². The third kappa shape index (κ3) is 4.75. The van der Waals surface area contributed by atoms with Gasteiger partial charge in [-0.25, -0.2) is 19.9 Å². The summed E-state index contributed by atoms with van der Waals surface area (Å²) >= 11 is 0. The number of anilines is 2. The van der Waals surface area contributed by atoms with Gasteiger partial charge in [0.05, 0.1) is 26.8 Å². The topological polar surface area (TPSA) is 85.7 Å². The Hall–Kier alpha value is -4.14. The molecule has 0 amide bonds. The summed E-state index contributed by atoms with van der Waals surface area (Å²) < 4.78 is 16.2. The molecular weight excluding hydrogens is 444 g/mol. The quantitative estimate of drug-likeness (QED) is 0.402. The van der Waals surface area contributed by atoms with Crippen molar-refractivity contribution in [2.45, 2.75) is 6.42 Å². The average molecular weight is 473 g/mol. The van der Waals surface area contributed by atoms with Crippen LogP contribution in [0.5, 0.6) is 17.2 Å². The maximum atomic E-state index is 5.49. The van der Waals surface area contributed by atoms with Crippen molar-refractivity contribution in [2.75, 3.05) is 57.3 Å². The van der Waals surface area contributed by atoms with E-state index in [9.17, 15) is 0 Å². The van der Waals surface area contributed by atoms with Crippen LogP contribution >= 0.6 is 0 Å². The van der Waals surface area contributed by atoms with Crippen molar-refractivity contribution in [3.8, 4) is 17.2 Å². The number of piperazine rings is 1. The van der Waals surface area contributed by atoms with Gasteiger partial charge in [-0.1, -0.05) is 12.1 Å². The highest BCUT2D eigenvalue weighted by molar-refractivity contribution is 5.92. The predicted molar refractivity (Wildman–Crippen MR) is 135 cm³/mol. The molecule has 1 fully saturated rings. The Morgan fingerprint density at radius 1 is 0.743 bits per heavy atom. The van der Waals surface area contributed by atoms with Gasteiger partial charge in [0, 0.05) is 56.4 Å². The number of nitrogens with zero attached hydrogens (tertiary/aromatic N) is 6. The lowest BCUT2D eigenvalue weighted by Crippen LogP contribution is -2.47. The zero-order valence-corrected chi connectivity index (χ0v) is 20.1. The zero-order valence-electron chi connectivity index (χ0n) is 20.1. The smallest absolute Gasteiger partial charge is 0.225 e. The lowest BCUT2D eigenvalue weighted by molar-refractivity contribution is 0.356. The number of methoxy groups -OCH3 is 3. The summed E-state index contributed by atoms with van der Waals surface area (Å²) in [5, 5.41) is 0.941. The van der Waals surface area contributed by atoms with E-state index in [1.54, 1.807) is 27.7 Å². The minimum absolute atomic E-state index is 0.654. The summed E-state index contributed by atoms with van der Waals surface area (Å²) in [4.78, 5) is 22.8. The monoisotopic (exact) mass is 472 g/mol. The molecule has 0 N–H and O–H groups in total. The van der Waals surface area contributed by atoms with E-state index in [0.717, 1.165) is 66.6 Å². The number of benzene rings is 2. The Kier molecular flexibility index (Phi) is 6.47. The Morgan fingerprint density at radius 2 is 1.46 bits per heavy atom. The molecule has 180 valence electrons. The van der Waals surface area contributed by atoms with E-state index >= 15 is 0 Å². The molecule has 3 heterocycles. The molecule has 9 heteroatoms. The van der Waals surface area contributed by atoms with Gasteiger partial charge in [-0.15, -0.1) is 0 Å². The van der Waals surface area contributed by atoms with Gasteiger partial charge in [-0.05, 0) is 29.3 Å². The summed E-state index contributed by atoms with van der Waals surface area (Å²) in [7, 11) is 4.93. The van der Waals surface area contributed by atoms with Crippen molar-refractivity contribution in [3.63, 3.8) is 0 Å². The van der Waals surface area contributed by atoms with Crippen molar-refractivity contribution < 1.29 is 14.2 Å². The standard InChI is InChI=1S/C26H28N6O3/c1-33-20-6-4-5-18(12-20)11-19-15-27-26(28-16-19)32-9-7-31(8-10-32)25-21-13-23(34-2)24(35-3)14-22(21)29-17-30-25/h4-6,12-17H,7-11H2,1-3H3. The molecule has 0 saturated carbocycles. The molecule has 9 nitrogen and oxygen atoms in total. The molecule has 4 aromatic rings. The van der Waals surface area contributed by atoms with Crippen LogP contribution in [0.4, 0.5) is 11.8 Å². The van der Waals surface area contributed by atoms with Crippen LogP contribution in [0.2, 0.25) is 0 Å². The minimum Gasteiger partial charge on any atom is -0.497 e. The average Bonchev–Trinajstić information content (AvgIpc) is 2.92. The normalized spacial score (nSPS) is 13.7. The first kappa shape index (κ1) is 22.6. The summed E-state index contributed by atoms with van der Waals surface area (Å²) in [5.74, 6) is 3.81. The molecule has 1 saturated heterocycles. The molecule has 2 aromatic carbocycles. The summed E-state index contributed by atoms with van der Waals surface area (Å²) in [6, 6.07) is 11.9. The molecule has 5 rings (SSSR count). The van der Waals surface area contributed by atoms with Crippen molar-refractivity contribution >= 4 is 22.7 Å². The van der Waals surface area contributed by atoms with Crippen molar-refractivity contribution in [1.29, 1.82) is 0 Å². The molecular formula is C26H28N6O3. The molecule has 0 aliphatic carbocycles. The fourth-order valence-electron chi connectivity index (χ4n) is 4.36. The second-order valence-electron chi connectivity index (χ2n) is 8.32. The molecule has 1 aliphatic heterocycles. The predicted octanol–water partition coefficient (Wildman–Crippen LogP) is 3.36. The van der Waals surface area contributed by atoms with E-state index in [0.29, 0.717) is 11.5 Å². The first-order chi connectivity index (χ1) is 17.2. The lowest BCUT2D eigenvalue weighted by Gasteiger charge is -2.35. The van der Waals surface area contributed by atoms with Crippen molar-refractivity contribution in [2.24, 2.45) is 0 Å². The number of rotatable bonds is 7. The Bertz CT molecular complexity index is 1310. The number of aromatic nitrogens is 4. The van der Waals surface area contributed by atoms with E-state index in [1.165, 1.54) is 5.56 Å². The number of hydrogen-bond donors (Lipinski definition) is 0. The Morgan fingerprint density at radius 3 is 2.17 bits per heavy atom. The van der Waals surface area contributed by atoms with Crippen LogP contribution in [0.1, 0.15) is 11.1 Å². The van der Waals surface area contributed by atoms with Gasteiger partial charge in [-0.2, -0.15) is 0 Å². The molecule has 0 radical (unpaired) electrons. The zero-order chi connectivity index (χ0) is 24.2. The molecule has 35 heavy (non-hydrogen) atoms. The first-order valence-electron chi connectivity index (χ1n) is 11.5. The van der Waals surface area contributed by atoms with Gasteiger partial charge in [0.25, 0.3) is 0 Å². The van der Waals surface area contributed by atoms with Crippen LogP contribution in [0.3, 0.4) is 0 Å². The first-order valence-corrected chi connectivity index (χ1v) is 11.5. The fourth-order valence-corrected chi connectivity index (χ4v) is 4.36. The van der Waals surface area contributed by atoms with E-state index < -0.39 is 0 Å². The van der Waals surface area contributed by atoms with Gasteiger partial charge in [0.1, 0.15) is 17.9 Å². The third-order valence-corrected chi connectivity index (χ3v) is 6.22. The number of fused-ring (bicyclic) bond motifs is 1. The molecule has 1 aliphatic rings. The maximum Gasteiger partial charge on any atom is 0.225 e. The highest BCUT2D eigenvalue weighted by Crippen LogP contribution is 2.35. The largest absolute Gasteiger partial charge is 0.497 e. The maximum absolute atomic E-state index is 5.49. The van der Waals surface area contributed by atoms with Gasteiger partial charge >= 0.3 is 0 Å². The van der Waals surface area contributed by atoms with Crippen LogP contribution in [0.25, 0.3) is 10.9 Å². The SMILES string of the molecule is COc1cccc(Cc2cnc(N3CCN(c4ncnc5cc(OC)c(OC)cc45)CC3)nc2)c1. The van der Waals surface area contributed by atoms with Crippen molar-refractivity contribution in [3.05, 3.63) is 66.2 Å². The lowest BCUT2D eigenvalue weighted by atomic mass is 10.1. The van der Waals surface area contributed by atoms with Gasteiger partial charge < -0.3 is 24.0 Å². The third-order valence-electron chi connectivity index (χ3n) is 6.22. The molecule has 2 aromatic heterocycles. The summed E-state index contributed by atoms with van der Waals surface area (Å²) in [6.07, 6.45) is 6.18. The van der Waals surface area contributed by atoms with E-state index in [-0.39, 0.29) is 0 Å². The molecule has 0 bridgehead atoms. The second kappa shape index (κ2) is 10.0. The molecule has 0 unspecified atom stereocenters. The highest BCUT2D eigenvalue weighted by Gasteiger charge is 2.22. The fraction of sp³-hybridized carbons (Fsp3) is 0.308. The van der Waals surface area contributed by atoms with Crippen LogP contribution in [-0.4, -0.2) is 67.4 Å². The van der Waals surface area contributed by atoms with Crippen LogP contribution in [0.15, 0.2) is 55.1 Å². The van der Waals surface area contributed by atoms with Gasteiger partial charge in [-0.3, -0.25) is 0 Å². The molecule has 0 atom stereocenters. The van der Waals surface area contributed by atoms with Crippen LogP contribution in [0, 0.1) is 0 Å². The van der Waals surface area contributed by atoms with E-state index in [1.807, 2.05) is 42.7 Å². The van der Waals surface area contributed by atoms with E-state index in [4.69, 9.17) is 14.2 Å². The summed E-state index contributed by atoms with van der Waals surface area (Å²) in [6.45, 7) is 3.20. The highest BCUT2D eigenvalue weighted by atomic mass is 16.5. The van der Waals surface area contributed by atoms with Crippen molar-refractivity contribution in [1.82, 2.24) is 19.9 Å².